The second kappa shape index (κ2) is 2.94. The Bertz CT molecular complexity index is 189. The third-order valence-electron chi connectivity index (χ3n) is 3.78. The molecule has 0 bridgehead atoms. The van der Waals surface area contributed by atoms with E-state index in [-0.39, 0.29) is 0 Å². The molecule has 74 valence electrons. The summed E-state index contributed by atoms with van der Waals surface area (Å²) in [6.45, 7) is 7.15. The summed E-state index contributed by atoms with van der Waals surface area (Å²) < 4.78 is 5.37. The number of ether oxygens (including phenoxy) is 1. The Hall–Kier alpha value is -0.120. The van der Waals surface area contributed by atoms with E-state index in [1.165, 1.54) is 39.0 Å². The topological polar surface area (TPSA) is 24.5 Å². The van der Waals surface area contributed by atoms with Crippen LogP contribution in [0.3, 0.4) is 0 Å². The van der Waals surface area contributed by atoms with Gasteiger partial charge in [0.1, 0.15) is 0 Å². The first kappa shape index (κ1) is 8.21. The van der Waals surface area contributed by atoms with Crippen LogP contribution in [0.2, 0.25) is 0 Å². The maximum Gasteiger partial charge on any atom is 0.0480 e. The first-order valence-electron chi connectivity index (χ1n) is 5.41. The molecule has 3 heterocycles. The lowest BCUT2D eigenvalue weighted by Crippen LogP contribution is -2.72. The van der Waals surface area contributed by atoms with Crippen LogP contribution in [0, 0.1) is 5.41 Å². The Morgan fingerprint density at radius 1 is 1.15 bits per heavy atom. The van der Waals surface area contributed by atoms with E-state index in [9.17, 15) is 0 Å². The largest absolute Gasteiger partial charge is 0.381 e. The van der Waals surface area contributed by atoms with Crippen molar-refractivity contribution in [3.63, 3.8) is 0 Å². The smallest absolute Gasteiger partial charge is 0.0480 e. The average Bonchev–Trinajstić information content (AvgIpc) is 2.01. The molecule has 0 aromatic carbocycles. The van der Waals surface area contributed by atoms with Crippen LogP contribution >= 0.6 is 0 Å². The van der Waals surface area contributed by atoms with Crippen LogP contribution in [0.25, 0.3) is 0 Å². The van der Waals surface area contributed by atoms with Gasteiger partial charge in [0.2, 0.25) is 0 Å². The van der Waals surface area contributed by atoms with Crippen molar-refractivity contribution >= 4 is 0 Å². The van der Waals surface area contributed by atoms with E-state index >= 15 is 0 Å². The first-order chi connectivity index (χ1) is 6.38. The van der Waals surface area contributed by atoms with Crippen LogP contribution < -0.4 is 5.32 Å². The minimum Gasteiger partial charge on any atom is -0.381 e. The molecule has 0 aromatic rings. The van der Waals surface area contributed by atoms with E-state index in [1.54, 1.807) is 0 Å². The number of hydrogen-bond acceptors (Lipinski definition) is 3. The minimum absolute atomic E-state index is 0.693. The molecule has 0 radical (unpaired) electrons. The zero-order valence-electron chi connectivity index (χ0n) is 8.09. The quantitative estimate of drug-likeness (QED) is 0.621. The van der Waals surface area contributed by atoms with Gasteiger partial charge in [-0.1, -0.05) is 0 Å². The highest BCUT2D eigenvalue weighted by molar-refractivity contribution is 5.05. The molecular weight excluding hydrogens is 164 g/mol. The molecule has 1 N–H and O–H groups in total. The lowest BCUT2D eigenvalue weighted by Gasteiger charge is -2.59. The molecule has 0 unspecified atom stereocenters. The van der Waals surface area contributed by atoms with E-state index in [2.05, 4.69) is 10.2 Å². The highest BCUT2D eigenvalue weighted by Crippen LogP contribution is 2.36. The summed E-state index contributed by atoms with van der Waals surface area (Å²) in [5.74, 6) is 0. The van der Waals surface area contributed by atoms with E-state index in [4.69, 9.17) is 4.74 Å². The van der Waals surface area contributed by atoms with Crippen molar-refractivity contribution in [2.24, 2.45) is 5.41 Å². The molecule has 1 spiro atoms. The summed E-state index contributed by atoms with van der Waals surface area (Å²) in [6, 6.07) is 0.833. The molecule has 0 aromatic heterocycles. The summed E-state index contributed by atoms with van der Waals surface area (Å²) in [5, 5.41) is 3.38. The van der Waals surface area contributed by atoms with Crippen LogP contribution in [0.15, 0.2) is 0 Å². The van der Waals surface area contributed by atoms with Crippen LogP contribution in [0.5, 0.6) is 0 Å². The van der Waals surface area contributed by atoms with Crippen molar-refractivity contribution in [2.75, 3.05) is 39.4 Å². The van der Waals surface area contributed by atoms with Gasteiger partial charge in [-0.05, 0) is 12.8 Å². The lowest BCUT2D eigenvalue weighted by atomic mass is 9.73. The average molecular weight is 182 g/mol. The molecular formula is C10H18N2O. The molecule has 13 heavy (non-hydrogen) atoms. The predicted octanol–water partition coefficient (Wildman–Crippen LogP) is 0.0706. The molecule has 3 aliphatic rings. The second-order valence-corrected chi connectivity index (χ2v) is 4.85. The van der Waals surface area contributed by atoms with Crippen molar-refractivity contribution in [3.8, 4) is 0 Å². The van der Waals surface area contributed by atoms with Gasteiger partial charge in [0.25, 0.3) is 0 Å². The molecule has 3 aliphatic heterocycles. The van der Waals surface area contributed by atoms with Crippen molar-refractivity contribution in [3.05, 3.63) is 0 Å². The third kappa shape index (κ3) is 1.30. The summed E-state index contributed by atoms with van der Waals surface area (Å²) in [7, 11) is 0. The molecule has 0 saturated carbocycles. The van der Waals surface area contributed by atoms with Gasteiger partial charge in [-0.2, -0.15) is 0 Å². The van der Waals surface area contributed by atoms with Gasteiger partial charge < -0.3 is 10.1 Å². The molecule has 3 fully saturated rings. The first-order valence-corrected chi connectivity index (χ1v) is 5.41. The minimum atomic E-state index is 0.693. The van der Waals surface area contributed by atoms with E-state index < -0.39 is 0 Å². The Morgan fingerprint density at radius 2 is 1.85 bits per heavy atom. The van der Waals surface area contributed by atoms with Gasteiger partial charge >= 0.3 is 0 Å². The zero-order chi connectivity index (χ0) is 8.73. The van der Waals surface area contributed by atoms with Crippen molar-refractivity contribution in [1.29, 1.82) is 0 Å². The third-order valence-corrected chi connectivity index (χ3v) is 3.78. The molecule has 3 nitrogen and oxygen atoms in total. The van der Waals surface area contributed by atoms with Crippen LogP contribution in [-0.2, 0) is 4.74 Å². The normalized spacial score (nSPS) is 34.2. The number of rotatable bonds is 1. The fourth-order valence-electron chi connectivity index (χ4n) is 2.83. The fourth-order valence-corrected chi connectivity index (χ4v) is 2.83. The fraction of sp³-hybridized carbons (Fsp3) is 1.00. The summed E-state index contributed by atoms with van der Waals surface area (Å²) in [4.78, 5) is 2.66. The molecule has 0 atom stereocenters. The lowest BCUT2D eigenvalue weighted by molar-refractivity contribution is -0.0881. The monoisotopic (exact) mass is 182 g/mol. The van der Waals surface area contributed by atoms with Crippen molar-refractivity contribution < 1.29 is 4.74 Å². The van der Waals surface area contributed by atoms with Gasteiger partial charge in [0, 0.05) is 50.8 Å². The summed E-state index contributed by atoms with van der Waals surface area (Å²) >= 11 is 0. The summed E-state index contributed by atoms with van der Waals surface area (Å²) in [6.07, 6.45) is 2.51. The van der Waals surface area contributed by atoms with Gasteiger partial charge in [-0.3, -0.25) is 4.90 Å². The molecule has 3 heteroatoms. The zero-order valence-corrected chi connectivity index (χ0v) is 8.09. The Morgan fingerprint density at radius 3 is 2.38 bits per heavy atom. The molecule has 3 rings (SSSR count). The highest BCUT2D eigenvalue weighted by atomic mass is 16.5. The number of nitrogens with zero attached hydrogens (tertiary/aromatic N) is 1. The Balaban J connectivity index is 1.51. The number of hydrogen-bond donors (Lipinski definition) is 1. The van der Waals surface area contributed by atoms with E-state index in [1.807, 2.05) is 0 Å². The van der Waals surface area contributed by atoms with E-state index in [0.29, 0.717) is 5.41 Å². The summed E-state index contributed by atoms with van der Waals surface area (Å²) in [5.41, 5.74) is 0.693. The van der Waals surface area contributed by atoms with Gasteiger partial charge in [0.05, 0.1) is 0 Å². The van der Waals surface area contributed by atoms with Crippen LogP contribution in [-0.4, -0.2) is 50.3 Å². The second-order valence-electron chi connectivity index (χ2n) is 4.85. The number of nitrogens with one attached hydrogen (secondary N) is 1. The van der Waals surface area contributed by atoms with E-state index in [0.717, 1.165) is 19.3 Å². The number of likely N-dealkylation sites (tertiary alicyclic amines) is 1. The SMILES string of the molecule is C1CC(N2CC3(CNC3)C2)CCO1. The van der Waals surface area contributed by atoms with Gasteiger partial charge in [0.15, 0.2) is 0 Å². The Labute approximate surface area is 79.4 Å². The van der Waals surface area contributed by atoms with Crippen LogP contribution in [0.1, 0.15) is 12.8 Å². The molecule has 0 amide bonds. The predicted molar refractivity (Wildman–Crippen MR) is 50.7 cm³/mol. The van der Waals surface area contributed by atoms with Gasteiger partial charge in [-0.15, -0.1) is 0 Å². The molecule has 3 saturated heterocycles. The standard InChI is InChI=1S/C10H18N2O/c1-3-13-4-2-9(1)12-7-10(8-12)5-11-6-10/h9,11H,1-8H2. The maximum atomic E-state index is 5.37. The maximum absolute atomic E-state index is 5.37. The van der Waals surface area contributed by atoms with Crippen LogP contribution in [0.4, 0.5) is 0 Å². The Kier molecular flexibility index (Phi) is 1.86. The van der Waals surface area contributed by atoms with Crippen molar-refractivity contribution in [1.82, 2.24) is 10.2 Å². The molecule has 0 aliphatic carbocycles. The highest BCUT2D eigenvalue weighted by Gasteiger charge is 2.49. The van der Waals surface area contributed by atoms with Crippen molar-refractivity contribution in [2.45, 2.75) is 18.9 Å². The van der Waals surface area contributed by atoms with Gasteiger partial charge in [-0.25, -0.2) is 0 Å².